The topological polar surface area (TPSA) is 156 Å². The Balaban J connectivity index is 1.91. The lowest BCUT2D eigenvalue weighted by Crippen LogP contribution is -2.62. The maximum absolute atomic E-state index is 11.4. The van der Waals surface area contributed by atoms with Gasteiger partial charge in [-0.05, 0) is 0 Å². The van der Waals surface area contributed by atoms with Crippen molar-refractivity contribution >= 4 is 5.91 Å². The maximum Gasteiger partial charge on any atom is 0.217 e. The Bertz CT molecular complexity index is 726. The van der Waals surface area contributed by atoms with Gasteiger partial charge in [-0.3, -0.25) is 14.8 Å². The molecule has 0 saturated carbocycles. The first-order valence-corrected chi connectivity index (χ1v) is 7.59. The molecule has 0 bridgehead atoms. The molecule has 0 radical (unpaired) electrons. The second-order valence-corrected chi connectivity index (χ2v) is 5.63. The van der Waals surface area contributed by atoms with Gasteiger partial charge in [0.05, 0.1) is 19.0 Å². The average molecular weight is 350 g/mol. The number of ether oxygens (including phenoxy) is 1. The van der Waals surface area contributed by atoms with Crippen molar-refractivity contribution in [2.75, 3.05) is 6.61 Å². The summed E-state index contributed by atoms with van der Waals surface area (Å²) in [6.07, 6.45) is 1.33. The normalized spacial score (nSPS) is 29.4. The minimum Gasteiger partial charge on any atom is -0.394 e. The zero-order valence-electron chi connectivity index (χ0n) is 13.3. The Morgan fingerprint density at radius 2 is 2.12 bits per heavy atom. The number of aliphatic hydroxyl groups excluding tert-OH is 3. The van der Waals surface area contributed by atoms with Gasteiger partial charge in [-0.2, -0.15) is 0 Å². The van der Waals surface area contributed by atoms with Crippen molar-refractivity contribution in [3.05, 3.63) is 24.8 Å². The molecule has 5 atom stereocenters. The summed E-state index contributed by atoms with van der Waals surface area (Å²) in [6.45, 7) is 0.772. The molecule has 3 heterocycles. The summed E-state index contributed by atoms with van der Waals surface area (Å²) in [5, 5.41) is 40.1. The molecule has 2 aromatic heterocycles. The maximum atomic E-state index is 11.4. The summed E-state index contributed by atoms with van der Waals surface area (Å²) in [6, 6.07) is -0.980. The van der Waals surface area contributed by atoms with E-state index in [0.29, 0.717) is 11.4 Å². The SMILES string of the molecule is CC(=O)N[C@@H]1[C@@H](O)[C@H](O)[C@@H](CO)O[C@H]1n1cc(-c2cnccn2)nn1. The Kier molecular flexibility index (Phi) is 4.99. The largest absolute Gasteiger partial charge is 0.394 e. The molecular formula is C14H18N6O5. The van der Waals surface area contributed by atoms with Gasteiger partial charge in [-0.15, -0.1) is 5.10 Å². The van der Waals surface area contributed by atoms with Gasteiger partial charge in [0.1, 0.15) is 35.7 Å². The molecular weight excluding hydrogens is 332 g/mol. The lowest BCUT2D eigenvalue weighted by Gasteiger charge is -2.42. The fourth-order valence-corrected chi connectivity index (χ4v) is 2.66. The molecule has 3 rings (SSSR count). The number of rotatable bonds is 4. The van der Waals surface area contributed by atoms with Gasteiger partial charge in [0.2, 0.25) is 5.91 Å². The molecule has 1 aliphatic rings. The molecule has 0 aromatic carbocycles. The lowest BCUT2D eigenvalue weighted by atomic mass is 9.96. The fraction of sp³-hybridized carbons (Fsp3) is 0.500. The van der Waals surface area contributed by atoms with E-state index in [9.17, 15) is 20.1 Å². The van der Waals surface area contributed by atoms with E-state index in [2.05, 4.69) is 25.6 Å². The third kappa shape index (κ3) is 3.49. The van der Waals surface area contributed by atoms with Crippen LogP contribution in [0.15, 0.2) is 24.8 Å². The number of carbonyl (C=O) groups is 1. The zero-order chi connectivity index (χ0) is 18.0. The summed E-state index contributed by atoms with van der Waals surface area (Å²) < 4.78 is 6.91. The Labute approximate surface area is 142 Å². The number of nitrogens with one attached hydrogen (secondary N) is 1. The second kappa shape index (κ2) is 7.19. The Morgan fingerprint density at radius 1 is 1.32 bits per heavy atom. The molecule has 4 N–H and O–H groups in total. The first-order chi connectivity index (χ1) is 12.0. The van der Waals surface area contributed by atoms with Gasteiger partial charge in [0.15, 0.2) is 6.23 Å². The number of aromatic nitrogens is 5. The van der Waals surface area contributed by atoms with Crippen molar-refractivity contribution < 1.29 is 24.9 Å². The van der Waals surface area contributed by atoms with Gasteiger partial charge in [-0.25, -0.2) is 4.68 Å². The van der Waals surface area contributed by atoms with E-state index in [1.54, 1.807) is 0 Å². The van der Waals surface area contributed by atoms with Crippen LogP contribution >= 0.6 is 0 Å². The first kappa shape index (κ1) is 17.4. The molecule has 1 fully saturated rings. The number of carbonyl (C=O) groups excluding carboxylic acids is 1. The van der Waals surface area contributed by atoms with Crippen molar-refractivity contribution in [3.8, 4) is 11.4 Å². The number of amides is 1. The number of nitrogens with zero attached hydrogens (tertiary/aromatic N) is 5. The van der Waals surface area contributed by atoms with Crippen molar-refractivity contribution in [3.63, 3.8) is 0 Å². The van der Waals surface area contributed by atoms with Gasteiger partial charge < -0.3 is 25.4 Å². The third-order valence-electron chi connectivity index (χ3n) is 3.87. The van der Waals surface area contributed by atoms with Gasteiger partial charge in [0.25, 0.3) is 0 Å². The summed E-state index contributed by atoms with van der Waals surface area (Å²) >= 11 is 0. The molecule has 2 aromatic rings. The number of hydrogen-bond donors (Lipinski definition) is 4. The predicted molar refractivity (Wildman–Crippen MR) is 81.7 cm³/mol. The highest BCUT2D eigenvalue weighted by atomic mass is 16.5. The van der Waals surface area contributed by atoms with Crippen LogP contribution in [0.2, 0.25) is 0 Å². The third-order valence-corrected chi connectivity index (χ3v) is 3.87. The van der Waals surface area contributed by atoms with Gasteiger partial charge >= 0.3 is 0 Å². The van der Waals surface area contributed by atoms with Crippen molar-refractivity contribution in [2.45, 2.75) is 37.5 Å². The van der Waals surface area contributed by atoms with Crippen LogP contribution in [0.1, 0.15) is 13.2 Å². The van der Waals surface area contributed by atoms with E-state index in [1.807, 2.05) is 0 Å². The summed E-state index contributed by atoms with van der Waals surface area (Å²) in [5.74, 6) is -0.415. The molecule has 11 heteroatoms. The van der Waals surface area contributed by atoms with Crippen LogP contribution in [0.25, 0.3) is 11.4 Å². The van der Waals surface area contributed by atoms with Crippen LogP contribution in [0.4, 0.5) is 0 Å². The molecule has 1 amide bonds. The number of aliphatic hydroxyl groups is 3. The van der Waals surface area contributed by atoms with Gasteiger partial charge in [0, 0.05) is 19.3 Å². The predicted octanol–water partition coefficient (Wildman–Crippen LogP) is -2.15. The minimum atomic E-state index is -1.36. The molecule has 0 unspecified atom stereocenters. The van der Waals surface area contributed by atoms with Crippen LogP contribution in [0, 0.1) is 0 Å². The number of hydrogen-bond acceptors (Lipinski definition) is 9. The summed E-state index contributed by atoms with van der Waals surface area (Å²) in [4.78, 5) is 19.5. The molecule has 134 valence electrons. The van der Waals surface area contributed by atoms with Crippen LogP contribution < -0.4 is 5.32 Å². The van der Waals surface area contributed by atoms with E-state index in [-0.39, 0.29) is 0 Å². The highest BCUT2D eigenvalue weighted by Gasteiger charge is 2.46. The summed E-state index contributed by atoms with van der Waals surface area (Å²) in [5.41, 5.74) is 0.902. The van der Waals surface area contributed by atoms with Crippen LogP contribution in [0.3, 0.4) is 0 Å². The molecule has 11 nitrogen and oxygen atoms in total. The first-order valence-electron chi connectivity index (χ1n) is 7.59. The minimum absolute atomic E-state index is 0.415. The van der Waals surface area contributed by atoms with Crippen molar-refractivity contribution in [2.24, 2.45) is 0 Å². The van der Waals surface area contributed by atoms with Gasteiger partial charge in [-0.1, -0.05) is 5.21 Å². The highest BCUT2D eigenvalue weighted by Crippen LogP contribution is 2.28. The fourth-order valence-electron chi connectivity index (χ4n) is 2.66. The molecule has 1 saturated heterocycles. The smallest absolute Gasteiger partial charge is 0.217 e. The average Bonchev–Trinajstić information content (AvgIpc) is 3.10. The molecule has 1 aliphatic heterocycles. The van der Waals surface area contributed by atoms with Crippen LogP contribution in [-0.2, 0) is 9.53 Å². The molecule has 0 aliphatic carbocycles. The molecule has 0 spiro atoms. The van der Waals surface area contributed by atoms with E-state index >= 15 is 0 Å². The van der Waals surface area contributed by atoms with E-state index in [4.69, 9.17) is 4.74 Å². The van der Waals surface area contributed by atoms with E-state index in [1.165, 1.54) is 36.4 Å². The van der Waals surface area contributed by atoms with E-state index in [0.717, 1.165) is 0 Å². The van der Waals surface area contributed by atoms with Crippen molar-refractivity contribution in [1.29, 1.82) is 0 Å². The Morgan fingerprint density at radius 3 is 2.76 bits per heavy atom. The highest BCUT2D eigenvalue weighted by molar-refractivity contribution is 5.73. The van der Waals surface area contributed by atoms with Crippen LogP contribution in [0.5, 0.6) is 0 Å². The Hall–Kier alpha value is -2.47. The summed E-state index contributed by atoms with van der Waals surface area (Å²) in [7, 11) is 0. The van der Waals surface area contributed by atoms with Crippen molar-refractivity contribution in [1.82, 2.24) is 30.3 Å². The van der Waals surface area contributed by atoms with Crippen LogP contribution in [-0.4, -0.2) is 77.1 Å². The monoisotopic (exact) mass is 350 g/mol. The quantitative estimate of drug-likeness (QED) is 0.483. The lowest BCUT2D eigenvalue weighted by molar-refractivity contribution is -0.219. The second-order valence-electron chi connectivity index (χ2n) is 5.63. The standard InChI is InChI=1S/C14H18N6O5/c1-7(22)17-11-13(24)12(23)10(6-21)25-14(11)20-5-9(18-19-20)8-4-15-2-3-16-8/h2-5,10-14,21,23-24H,6H2,1H3,(H,17,22)/t10-,11-,12-,13-,14-/m1/s1. The van der Waals surface area contributed by atoms with E-state index < -0.39 is 43.1 Å². The zero-order valence-corrected chi connectivity index (χ0v) is 13.3. The molecule has 25 heavy (non-hydrogen) atoms.